The second kappa shape index (κ2) is 4.29. The van der Waals surface area contributed by atoms with Gasteiger partial charge in [-0.15, -0.1) is 0 Å². The van der Waals surface area contributed by atoms with E-state index in [0.29, 0.717) is 5.41 Å². The van der Waals surface area contributed by atoms with E-state index in [1.165, 1.54) is 0 Å². The van der Waals surface area contributed by atoms with Gasteiger partial charge in [0.2, 0.25) is 0 Å². The molecule has 2 atom stereocenters. The molecule has 5 nitrogen and oxygen atoms in total. The van der Waals surface area contributed by atoms with Crippen LogP contribution in [-0.2, 0) is 0 Å². The topological polar surface area (TPSA) is 57.8 Å². The van der Waals surface area contributed by atoms with Gasteiger partial charge in [0, 0.05) is 19.3 Å². The summed E-state index contributed by atoms with van der Waals surface area (Å²) in [5, 5.41) is 9.25. The zero-order valence-electron chi connectivity index (χ0n) is 13.7. The third-order valence-corrected chi connectivity index (χ3v) is 6.11. The van der Waals surface area contributed by atoms with E-state index < -0.39 is 5.97 Å². The van der Waals surface area contributed by atoms with Crippen LogP contribution < -0.4 is 4.90 Å². The summed E-state index contributed by atoms with van der Waals surface area (Å²) in [5.41, 5.74) is 3.49. The molecule has 1 N–H and O–H groups in total. The van der Waals surface area contributed by atoms with Crippen LogP contribution in [0.1, 0.15) is 24.2 Å². The van der Waals surface area contributed by atoms with Crippen LogP contribution in [0.25, 0.3) is 16.6 Å². The molecule has 1 aliphatic carbocycles. The predicted molar refractivity (Wildman–Crippen MR) is 92.6 cm³/mol. The Bertz CT molecular complexity index is 990. The van der Waals surface area contributed by atoms with Gasteiger partial charge < -0.3 is 14.4 Å². The van der Waals surface area contributed by atoms with Gasteiger partial charge in [0.15, 0.2) is 5.82 Å². The van der Waals surface area contributed by atoms with Gasteiger partial charge in [0.05, 0.1) is 22.1 Å². The Morgan fingerprint density at radius 1 is 1.21 bits per heavy atom. The number of carbonyl (C=O) groups is 1. The van der Waals surface area contributed by atoms with Gasteiger partial charge in [-0.3, -0.25) is 0 Å². The van der Waals surface area contributed by atoms with E-state index in [9.17, 15) is 9.90 Å². The fraction of sp³-hybridized carbons (Fsp3) is 0.368. The van der Waals surface area contributed by atoms with Crippen LogP contribution in [0.2, 0.25) is 0 Å². The highest BCUT2D eigenvalue weighted by atomic mass is 16.4. The SMILES string of the molecule is CC1(C)C2CN(c3nc4cc(C(=O)O)ccc4n4cccc34)CC21. The molecule has 0 radical (unpaired) electrons. The number of anilines is 1. The highest BCUT2D eigenvalue weighted by molar-refractivity contribution is 5.94. The van der Waals surface area contributed by atoms with Crippen molar-refractivity contribution < 1.29 is 9.90 Å². The summed E-state index contributed by atoms with van der Waals surface area (Å²) in [5.74, 6) is 1.54. The predicted octanol–water partition coefficient (Wildman–Crippen LogP) is 3.28. The lowest BCUT2D eigenvalue weighted by Gasteiger charge is -2.24. The molecule has 3 aromatic rings. The number of rotatable bonds is 2. The Labute approximate surface area is 139 Å². The van der Waals surface area contributed by atoms with Crippen LogP contribution in [0.4, 0.5) is 5.82 Å². The monoisotopic (exact) mass is 321 g/mol. The summed E-state index contributed by atoms with van der Waals surface area (Å²) in [7, 11) is 0. The lowest BCUT2D eigenvalue weighted by Crippen LogP contribution is -2.27. The van der Waals surface area contributed by atoms with Gasteiger partial charge in [0.1, 0.15) is 0 Å². The van der Waals surface area contributed by atoms with Crippen molar-refractivity contribution in [2.75, 3.05) is 18.0 Å². The van der Waals surface area contributed by atoms with Gasteiger partial charge in [-0.1, -0.05) is 13.8 Å². The summed E-state index contributed by atoms with van der Waals surface area (Å²) in [4.78, 5) is 18.5. The average Bonchev–Trinajstić information content (AvgIpc) is 3.05. The first-order chi connectivity index (χ1) is 11.5. The van der Waals surface area contributed by atoms with E-state index in [0.717, 1.165) is 47.3 Å². The first kappa shape index (κ1) is 13.8. The second-order valence-corrected chi connectivity index (χ2v) is 7.65. The average molecular weight is 321 g/mol. The molecule has 1 aliphatic heterocycles. The number of fused-ring (bicyclic) bond motifs is 4. The first-order valence-electron chi connectivity index (χ1n) is 8.36. The minimum absolute atomic E-state index is 0.276. The molecule has 0 spiro atoms. The summed E-state index contributed by atoms with van der Waals surface area (Å²) in [6, 6.07) is 9.25. The quantitative estimate of drug-likeness (QED) is 0.787. The van der Waals surface area contributed by atoms with E-state index in [1.807, 2.05) is 18.3 Å². The fourth-order valence-corrected chi connectivity index (χ4v) is 4.43. The number of aromatic nitrogens is 2. The molecule has 0 amide bonds. The van der Waals surface area contributed by atoms with Gasteiger partial charge in [-0.05, 0) is 47.6 Å². The van der Waals surface area contributed by atoms with Gasteiger partial charge in [-0.25, -0.2) is 9.78 Å². The Morgan fingerprint density at radius 3 is 2.67 bits per heavy atom. The smallest absolute Gasteiger partial charge is 0.335 e. The highest BCUT2D eigenvalue weighted by Gasteiger charge is 2.62. The molecule has 1 saturated heterocycles. The Hall–Kier alpha value is -2.56. The number of nitrogens with zero attached hydrogens (tertiary/aromatic N) is 3. The van der Waals surface area contributed by atoms with Crippen LogP contribution in [0, 0.1) is 17.3 Å². The number of aromatic carboxylic acids is 1. The highest BCUT2D eigenvalue weighted by Crippen LogP contribution is 2.62. The number of carboxylic acid groups (broad SMARTS) is 1. The van der Waals surface area contributed by atoms with Crippen molar-refractivity contribution in [1.29, 1.82) is 0 Å². The van der Waals surface area contributed by atoms with Crippen molar-refractivity contribution in [3.8, 4) is 0 Å². The lowest BCUT2D eigenvalue weighted by atomic mass is 10.1. The molecule has 5 rings (SSSR count). The molecule has 0 bridgehead atoms. The van der Waals surface area contributed by atoms with Crippen LogP contribution in [0.15, 0.2) is 36.5 Å². The maximum absolute atomic E-state index is 11.3. The molecule has 122 valence electrons. The molecule has 3 heterocycles. The number of hydrogen-bond acceptors (Lipinski definition) is 3. The largest absolute Gasteiger partial charge is 0.478 e. The minimum atomic E-state index is -0.919. The summed E-state index contributed by atoms with van der Waals surface area (Å²) < 4.78 is 2.11. The maximum Gasteiger partial charge on any atom is 0.335 e. The molecule has 2 aromatic heterocycles. The zero-order valence-corrected chi connectivity index (χ0v) is 13.7. The van der Waals surface area contributed by atoms with Crippen molar-refractivity contribution in [3.05, 3.63) is 42.1 Å². The van der Waals surface area contributed by atoms with Crippen molar-refractivity contribution in [1.82, 2.24) is 9.38 Å². The van der Waals surface area contributed by atoms with Crippen molar-refractivity contribution in [2.24, 2.45) is 17.3 Å². The first-order valence-corrected chi connectivity index (χ1v) is 8.36. The zero-order chi connectivity index (χ0) is 16.6. The fourth-order valence-electron chi connectivity index (χ4n) is 4.43. The van der Waals surface area contributed by atoms with E-state index >= 15 is 0 Å². The Balaban J connectivity index is 1.67. The van der Waals surface area contributed by atoms with Crippen LogP contribution in [0.5, 0.6) is 0 Å². The van der Waals surface area contributed by atoms with Gasteiger partial charge in [0.25, 0.3) is 0 Å². The standard InChI is InChI=1S/C19H19N3O2/c1-19(2)12-9-21(10-13(12)19)17-16-4-3-7-22(16)15-6-5-11(18(23)24)8-14(15)20-17/h3-8,12-13H,9-10H2,1-2H3,(H,23,24). The van der Waals surface area contributed by atoms with E-state index in [2.05, 4.69) is 29.2 Å². The second-order valence-electron chi connectivity index (χ2n) is 7.65. The van der Waals surface area contributed by atoms with Gasteiger partial charge in [-0.2, -0.15) is 0 Å². The molecule has 5 heteroatoms. The molecule has 2 fully saturated rings. The third-order valence-electron chi connectivity index (χ3n) is 6.11. The van der Waals surface area contributed by atoms with E-state index in [1.54, 1.807) is 12.1 Å². The third kappa shape index (κ3) is 1.70. The number of piperidine rings is 1. The summed E-state index contributed by atoms with van der Waals surface area (Å²) in [6.07, 6.45) is 2.02. The van der Waals surface area contributed by atoms with E-state index in [-0.39, 0.29) is 5.56 Å². The minimum Gasteiger partial charge on any atom is -0.478 e. The summed E-state index contributed by atoms with van der Waals surface area (Å²) >= 11 is 0. The number of carboxylic acids is 1. The molecular weight excluding hydrogens is 302 g/mol. The van der Waals surface area contributed by atoms with Crippen LogP contribution >= 0.6 is 0 Å². The number of hydrogen-bond donors (Lipinski definition) is 1. The molecule has 1 saturated carbocycles. The van der Waals surface area contributed by atoms with Crippen LogP contribution in [-0.4, -0.2) is 33.6 Å². The Kier molecular flexibility index (Phi) is 2.47. The molecule has 1 aromatic carbocycles. The summed E-state index contributed by atoms with van der Waals surface area (Å²) in [6.45, 7) is 6.77. The molecular formula is C19H19N3O2. The van der Waals surface area contributed by atoms with Crippen molar-refractivity contribution >= 4 is 28.3 Å². The number of benzene rings is 1. The maximum atomic E-state index is 11.3. The van der Waals surface area contributed by atoms with Crippen molar-refractivity contribution in [2.45, 2.75) is 13.8 Å². The lowest BCUT2D eigenvalue weighted by molar-refractivity contribution is 0.0697. The molecule has 24 heavy (non-hydrogen) atoms. The molecule has 2 aliphatic rings. The van der Waals surface area contributed by atoms with E-state index in [4.69, 9.17) is 4.98 Å². The normalized spacial score (nSPS) is 24.5. The van der Waals surface area contributed by atoms with Crippen LogP contribution in [0.3, 0.4) is 0 Å². The van der Waals surface area contributed by atoms with Crippen molar-refractivity contribution in [3.63, 3.8) is 0 Å². The molecule has 2 unspecified atom stereocenters. The Morgan fingerprint density at radius 2 is 1.96 bits per heavy atom. The van der Waals surface area contributed by atoms with Gasteiger partial charge >= 0.3 is 5.97 Å².